The molecule has 41 valence electrons. The van der Waals surface area contributed by atoms with Gasteiger partial charge < -0.3 is 15.3 Å². The molecule has 0 aliphatic carbocycles. The smallest absolute Gasteiger partial charge is 0.100 e. The van der Waals surface area contributed by atoms with Gasteiger partial charge in [-0.15, -0.1) is 0 Å². The molecule has 0 heterocycles. The summed E-state index contributed by atoms with van der Waals surface area (Å²) in [6.45, 7) is -0.729. The molecular weight excluding hydrogens is 111 g/mol. The summed E-state index contributed by atoms with van der Waals surface area (Å²) in [6.07, 6.45) is -0.954. The Morgan fingerprint density at radius 1 is 1.14 bits per heavy atom. The normalized spacial score (nSPS) is 8.57. The zero-order valence-corrected chi connectivity index (χ0v) is 5.07. The van der Waals surface area contributed by atoms with Crippen LogP contribution in [-0.2, 0) is 0 Å². The van der Waals surface area contributed by atoms with Gasteiger partial charge in [0.2, 0.25) is 0 Å². The lowest BCUT2D eigenvalue weighted by Crippen LogP contribution is -2.15. The Morgan fingerprint density at radius 3 is 1.43 bits per heavy atom. The van der Waals surface area contributed by atoms with Gasteiger partial charge in [-0.1, -0.05) is 0 Å². The first-order valence-electron chi connectivity index (χ1n) is 1.71. The molecule has 3 nitrogen and oxygen atoms in total. The quantitative estimate of drug-likeness (QED) is 0.367. The highest BCUT2D eigenvalue weighted by atomic mass is 27.0. The minimum absolute atomic E-state index is 0. The van der Waals surface area contributed by atoms with Crippen molar-refractivity contribution in [2.75, 3.05) is 13.2 Å². The fourth-order valence-electron chi connectivity index (χ4n) is 0.0577. The van der Waals surface area contributed by atoms with Crippen molar-refractivity contribution in [1.82, 2.24) is 0 Å². The van der Waals surface area contributed by atoms with E-state index in [2.05, 4.69) is 0 Å². The maximum absolute atomic E-state index is 8.17. The lowest BCUT2D eigenvalue weighted by Gasteiger charge is -1.96. The van der Waals surface area contributed by atoms with E-state index >= 15 is 0 Å². The Hall–Kier alpha value is 0.412. The zero-order chi connectivity index (χ0) is 4.99. The van der Waals surface area contributed by atoms with E-state index in [1.165, 1.54) is 0 Å². The van der Waals surface area contributed by atoms with E-state index in [-0.39, 0.29) is 30.6 Å². The average molecular weight is 119 g/mol. The van der Waals surface area contributed by atoms with E-state index in [9.17, 15) is 0 Å². The Bertz CT molecular complexity index is 29.4. The second kappa shape index (κ2) is 6.41. The maximum atomic E-state index is 8.17. The van der Waals surface area contributed by atoms with Gasteiger partial charge in [0, 0.05) is 17.4 Å². The second-order valence-electron chi connectivity index (χ2n) is 1.02. The lowest BCUT2D eigenvalue weighted by atomic mass is 10.4. The van der Waals surface area contributed by atoms with Crippen LogP contribution >= 0.6 is 0 Å². The molecule has 0 amide bonds. The van der Waals surface area contributed by atoms with Gasteiger partial charge in [-0.2, -0.15) is 0 Å². The third-order valence-corrected chi connectivity index (χ3v) is 0.421. The molecule has 0 saturated carbocycles. The van der Waals surface area contributed by atoms with Gasteiger partial charge in [-0.05, 0) is 0 Å². The predicted molar refractivity (Wildman–Crippen MR) is 25.9 cm³/mol. The fourth-order valence-corrected chi connectivity index (χ4v) is 0.0577. The zero-order valence-electron chi connectivity index (χ0n) is 3.91. The van der Waals surface area contributed by atoms with Crippen molar-refractivity contribution in [3.63, 3.8) is 0 Å². The van der Waals surface area contributed by atoms with E-state index in [1.54, 1.807) is 0 Å². The first kappa shape index (κ1) is 10.4. The predicted octanol–water partition coefficient (Wildman–Crippen LogP) is -2.05. The highest BCUT2D eigenvalue weighted by Gasteiger charge is 1.93. The molecule has 3 N–H and O–H groups in total. The highest BCUT2D eigenvalue weighted by Crippen LogP contribution is 1.71. The maximum Gasteiger partial charge on any atom is 0.100 e. The van der Waals surface area contributed by atoms with Crippen molar-refractivity contribution >= 4 is 17.4 Å². The van der Waals surface area contributed by atoms with Gasteiger partial charge in [0.25, 0.3) is 0 Å². The summed E-state index contributed by atoms with van der Waals surface area (Å²) in [6, 6.07) is 0. The number of hydrogen-bond donors (Lipinski definition) is 3. The van der Waals surface area contributed by atoms with Crippen LogP contribution in [0.3, 0.4) is 0 Å². The van der Waals surface area contributed by atoms with E-state index in [1.807, 2.05) is 0 Å². The van der Waals surface area contributed by atoms with Crippen LogP contribution in [0.4, 0.5) is 0 Å². The molecular formula is C3H8AlO3. The molecule has 0 aliphatic rings. The minimum atomic E-state index is -0.954. The molecule has 3 radical (unpaired) electrons. The molecule has 0 aromatic rings. The molecule has 0 atom stereocenters. The second-order valence-corrected chi connectivity index (χ2v) is 1.02. The minimum Gasteiger partial charge on any atom is -0.394 e. The van der Waals surface area contributed by atoms with E-state index < -0.39 is 6.10 Å². The molecule has 0 bridgehead atoms. The fraction of sp³-hybridized carbons (Fsp3) is 1.00. The average Bonchev–Trinajstić information content (AvgIpc) is 1.65. The summed E-state index contributed by atoms with van der Waals surface area (Å²) in [5.74, 6) is 0. The Morgan fingerprint density at radius 2 is 1.43 bits per heavy atom. The van der Waals surface area contributed by atoms with Crippen LogP contribution in [0.5, 0.6) is 0 Å². The van der Waals surface area contributed by atoms with Crippen LogP contribution in [0.1, 0.15) is 0 Å². The Kier molecular flexibility index (Phi) is 9.53. The Balaban J connectivity index is 0. The van der Waals surface area contributed by atoms with Crippen molar-refractivity contribution in [3.05, 3.63) is 0 Å². The molecule has 0 fully saturated rings. The van der Waals surface area contributed by atoms with Gasteiger partial charge in [0.1, 0.15) is 6.10 Å². The topological polar surface area (TPSA) is 60.7 Å². The van der Waals surface area contributed by atoms with Gasteiger partial charge in [-0.25, -0.2) is 0 Å². The van der Waals surface area contributed by atoms with Crippen LogP contribution < -0.4 is 0 Å². The third kappa shape index (κ3) is 6.41. The first-order valence-corrected chi connectivity index (χ1v) is 1.71. The highest BCUT2D eigenvalue weighted by molar-refractivity contribution is 5.75. The van der Waals surface area contributed by atoms with E-state index in [0.717, 1.165) is 0 Å². The molecule has 0 spiro atoms. The number of hydrogen-bond acceptors (Lipinski definition) is 3. The van der Waals surface area contributed by atoms with Crippen molar-refractivity contribution in [2.45, 2.75) is 6.10 Å². The summed E-state index contributed by atoms with van der Waals surface area (Å²) in [4.78, 5) is 0. The first-order chi connectivity index (χ1) is 2.81. The number of rotatable bonds is 2. The van der Waals surface area contributed by atoms with Crippen LogP contribution in [0.25, 0.3) is 0 Å². The van der Waals surface area contributed by atoms with Crippen molar-refractivity contribution in [2.24, 2.45) is 0 Å². The molecule has 0 aliphatic heterocycles. The summed E-state index contributed by atoms with van der Waals surface area (Å²) in [5.41, 5.74) is 0. The SMILES string of the molecule is OCC(O)CO.[Al]. The van der Waals surface area contributed by atoms with Crippen LogP contribution in [0.15, 0.2) is 0 Å². The van der Waals surface area contributed by atoms with Gasteiger partial charge in [0.05, 0.1) is 13.2 Å². The largest absolute Gasteiger partial charge is 0.394 e. The number of aliphatic hydroxyl groups is 3. The standard InChI is InChI=1S/C3H8O3.Al/c4-1-3(6)2-5;/h3-6H,1-2H2;. The summed E-state index contributed by atoms with van der Waals surface area (Å²) in [7, 11) is 0. The Labute approximate surface area is 52.7 Å². The monoisotopic (exact) mass is 119 g/mol. The van der Waals surface area contributed by atoms with E-state index in [0.29, 0.717) is 0 Å². The van der Waals surface area contributed by atoms with Crippen molar-refractivity contribution in [3.8, 4) is 0 Å². The molecule has 7 heavy (non-hydrogen) atoms. The molecule has 0 rings (SSSR count). The molecule has 4 heteroatoms. The van der Waals surface area contributed by atoms with Gasteiger partial charge >= 0.3 is 0 Å². The summed E-state index contributed by atoms with van der Waals surface area (Å²) in [5, 5.41) is 24.0. The molecule has 0 unspecified atom stereocenters. The van der Waals surface area contributed by atoms with Gasteiger partial charge in [0.15, 0.2) is 0 Å². The lowest BCUT2D eigenvalue weighted by molar-refractivity contribution is 0.0450. The van der Waals surface area contributed by atoms with Crippen LogP contribution in [0.2, 0.25) is 0 Å². The van der Waals surface area contributed by atoms with Crippen LogP contribution in [-0.4, -0.2) is 52.0 Å². The number of aliphatic hydroxyl groups excluding tert-OH is 3. The third-order valence-electron chi connectivity index (χ3n) is 0.421. The molecule has 0 aromatic heterocycles. The van der Waals surface area contributed by atoms with Crippen LogP contribution in [0, 0.1) is 0 Å². The molecule has 0 saturated heterocycles. The summed E-state index contributed by atoms with van der Waals surface area (Å²) >= 11 is 0. The van der Waals surface area contributed by atoms with E-state index in [4.69, 9.17) is 15.3 Å². The summed E-state index contributed by atoms with van der Waals surface area (Å²) < 4.78 is 0. The van der Waals surface area contributed by atoms with Crippen molar-refractivity contribution < 1.29 is 15.3 Å². The van der Waals surface area contributed by atoms with Gasteiger partial charge in [-0.3, -0.25) is 0 Å². The molecule has 0 aromatic carbocycles. The van der Waals surface area contributed by atoms with Crippen molar-refractivity contribution in [1.29, 1.82) is 0 Å².